The van der Waals surface area contributed by atoms with E-state index < -0.39 is 0 Å². The molecule has 6 heteroatoms. The van der Waals surface area contributed by atoms with Crippen molar-refractivity contribution in [3.63, 3.8) is 0 Å². The second kappa shape index (κ2) is 5.41. The Morgan fingerprint density at radius 3 is 3.05 bits per heavy atom. The van der Waals surface area contributed by atoms with Gasteiger partial charge in [-0.25, -0.2) is 0 Å². The minimum Gasteiger partial charge on any atom is -0.369 e. The third-order valence-electron chi connectivity index (χ3n) is 3.34. The van der Waals surface area contributed by atoms with Gasteiger partial charge in [-0.1, -0.05) is 0 Å². The maximum Gasteiger partial charge on any atom is 0.274 e. The smallest absolute Gasteiger partial charge is 0.274 e. The van der Waals surface area contributed by atoms with Crippen LogP contribution in [0.5, 0.6) is 0 Å². The number of carbonyl (C=O) groups is 1. The van der Waals surface area contributed by atoms with Crippen LogP contribution in [0.15, 0.2) is 0 Å². The molecule has 0 fully saturated rings. The summed E-state index contributed by atoms with van der Waals surface area (Å²) in [6.45, 7) is 4.35. The zero-order valence-electron chi connectivity index (χ0n) is 11.4. The predicted molar refractivity (Wildman–Crippen MR) is 68.4 cm³/mol. The highest BCUT2D eigenvalue weighted by Gasteiger charge is 2.30. The van der Waals surface area contributed by atoms with E-state index in [2.05, 4.69) is 10.2 Å². The fourth-order valence-corrected chi connectivity index (χ4v) is 2.35. The van der Waals surface area contributed by atoms with E-state index in [-0.39, 0.29) is 18.1 Å². The van der Waals surface area contributed by atoms with Gasteiger partial charge in [0.2, 0.25) is 0 Å². The second-order valence-electron chi connectivity index (χ2n) is 4.89. The highest BCUT2D eigenvalue weighted by Crippen LogP contribution is 2.30. The number of hydrogen-bond acceptors (Lipinski definition) is 4. The topological polar surface area (TPSA) is 82.0 Å². The Morgan fingerprint density at radius 2 is 2.37 bits per heavy atom. The quantitative estimate of drug-likeness (QED) is 0.893. The van der Waals surface area contributed by atoms with E-state index in [1.165, 1.54) is 4.90 Å². The number of H-pyrrole nitrogens is 1. The Morgan fingerprint density at radius 1 is 1.63 bits per heavy atom. The summed E-state index contributed by atoms with van der Waals surface area (Å²) in [4.78, 5) is 13.8. The number of carbonyl (C=O) groups excluding carboxylic acids is 1. The summed E-state index contributed by atoms with van der Waals surface area (Å²) in [7, 11) is 1.69. The Kier molecular flexibility index (Phi) is 3.86. The molecule has 2 rings (SSSR count). The molecule has 2 heterocycles. The summed E-state index contributed by atoms with van der Waals surface area (Å²) in [5.41, 5.74) is 2.28. The Labute approximate surface area is 112 Å². The van der Waals surface area contributed by atoms with Crippen LogP contribution >= 0.6 is 0 Å². The van der Waals surface area contributed by atoms with Crippen LogP contribution in [0.1, 0.15) is 48.1 Å². The number of aromatic nitrogens is 2. The van der Waals surface area contributed by atoms with E-state index >= 15 is 0 Å². The molecular weight excluding hydrogens is 244 g/mol. The van der Waals surface area contributed by atoms with Crippen molar-refractivity contribution in [2.45, 2.75) is 38.9 Å². The first-order chi connectivity index (χ1) is 9.04. The van der Waals surface area contributed by atoms with Crippen LogP contribution in [0.4, 0.5) is 0 Å². The number of nitriles is 1. The maximum absolute atomic E-state index is 12.3. The van der Waals surface area contributed by atoms with Crippen molar-refractivity contribution >= 4 is 5.91 Å². The number of hydrogen-bond donors (Lipinski definition) is 1. The van der Waals surface area contributed by atoms with Gasteiger partial charge >= 0.3 is 0 Å². The number of nitrogens with one attached hydrogen (secondary N) is 1. The maximum atomic E-state index is 12.3. The molecule has 0 spiro atoms. The van der Waals surface area contributed by atoms with Gasteiger partial charge in [-0.2, -0.15) is 10.4 Å². The molecule has 0 radical (unpaired) electrons. The monoisotopic (exact) mass is 262 g/mol. The number of aromatic amines is 1. The molecule has 0 saturated heterocycles. The molecule has 0 unspecified atom stereocenters. The lowest BCUT2D eigenvalue weighted by atomic mass is 9.99. The van der Waals surface area contributed by atoms with E-state index in [9.17, 15) is 4.79 Å². The minimum atomic E-state index is -0.144. The molecule has 1 amide bonds. The number of nitrogens with zero attached hydrogens (tertiary/aromatic N) is 3. The van der Waals surface area contributed by atoms with Crippen molar-refractivity contribution in [3.05, 3.63) is 17.0 Å². The van der Waals surface area contributed by atoms with Crippen molar-refractivity contribution in [1.82, 2.24) is 15.1 Å². The Hall–Kier alpha value is -1.87. The van der Waals surface area contributed by atoms with E-state index in [4.69, 9.17) is 10.00 Å². The largest absolute Gasteiger partial charge is 0.369 e. The predicted octanol–water partition coefficient (Wildman–Crippen LogP) is 1.42. The third kappa shape index (κ3) is 2.61. The van der Waals surface area contributed by atoms with Gasteiger partial charge in [0, 0.05) is 25.6 Å². The molecule has 1 aromatic heterocycles. The van der Waals surface area contributed by atoms with E-state index in [1.54, 1.807) is 7.05 Å². The lowest BCUT2D eigenvalue weighted by molar-refractivity contribution is -0.00701. The zero-order valence-corrected chi connectivity index (χ0v) is 11.4. The van der Waals surface area contributed by atoms with Crippen LogP contribution in [0.3, 0.4) is 0 Å². The van der Waals surface area contributed by atoms with Crippen molar-refractivity contribution in [1.29, 1.82) is 5.26 Å². The molecule has 19 heavy (non-hydrogen) atoms. The van der Waals surface area contributed by atoms with Crippen LogP contribution in [0.2, 0.25) is 0 Å². The first-order valence-electron chi connectivity index (χ1n) is 6.39. The average molecular weight is 262 g/mol. The molecule has 1 N–H and O–H groups in total. The van der Waals surface area contributed by atoms with Gasteiger partial charge in [0.25, 0.3) is 5.91 Å². The van der Waals surface area contributed by atoms with Gasteiger partial charge in [0.15, 0.2) is 5.69 Å². The fraction of sp³-hybridized carbons (Fsp3) is 0.615. The highest BCUT2D eigenvalue weighted by atomic mass is 16.5. The normalized spacial score (nSPS) is 21.6. The number of ether oxygens (including phenoxy) is 1. The summed E-state index contributed by atoms with van der Waals surface area (Å²) in [5.74, 6) is -0.144. The van der Waals surface area contributed by atoms with Gasteiger partial charge in [-0.3, -0.25) is 9.89 Å². The van der Waals surface area contributed by atoms with Gasteiger partial charge in [-0.15, -0.1) is 0 Å². The highest BCUT2D eigenvalue weighted by molar-refractivity contribution is 5.94. The summed E-state index contributed by atoms with van der Waals surface area (Å²) in [6.07, 6.45) is 1.02. The van der Waals surface area contributed by atoms with Crippen molar-refractivity contribution in [2.24, 2.45) is 0 Å². The average Bonchev–Trinajstić information content (AvgIpc) is 2.78. The van der Waals surface area contributed by atoms with Gasteiger partial charge in [0.1, 0.15) is 0 Å². The lowest BCUT2D eigenvalue weighted by Gasteiger charge is -2.25. The number of amides is 1. The summed E-state index contributed by atoms with van der Waals surface area (Å²) < 4.78 is 5.69. The summed E-state index contributed by atoms with van der Waals surface area (Å²) in [6, 6.07) is 2.03. The number of fused-ring (bicyclic) bond motifs is 1. The molecule has 2 atom stereocenters. The molecule has 0 bridgehead atoms. The fourth-order valence-electron chi connectivity index (χ4n) is 2.35. The van der Waals surface area contributed by atoms with E-state index in [0.717, 1.165) is 11.3 Å². The zero-order chi connectivity index (χ0) is 14.0. The molecular formula is C13H18N4O2. The molecule has 0 aromatic carbocycles. The van der Waals surface area contributed by atoms with Gasteiger partial charge in [0.05, 0.1) is 30.4 Å². The van der Waals surface area contributed by atoms with Crippen LogP contribution in [-0.4, -0.2) is 40.7 Å². The SMILES string of the molecule is C[C@@H]1Cc2c(C(=O)N(C)CCC#N)n[nH]c2[C@H](C)O1. The first-order valence-corrected chi connectivity index (χ1v) is 6.39. The van der Waals surface area contributed by atoms with E-state index in [0.29, 0.717) is 25.1 Å². The second-order valence-corrected chi connectivity index (χ2v) is 4.89. The first kappa shape index (κ1) is 13.6. The van der Waals surface area contributed by atoms with Crippen molar-refractivity contribution in [2.75, 3.05) is 13.6 Å². The van der Waals surface area contributed by atoms with Crippen molar-refractivity contribution < 1.29 is 9.53 Å². The molecule has 0 aliphatic carbocycles. The summed E-state index contributed by atoms with van der Waals surface area (Å²) in [5, 5.41) is 15.6. The van der Waals surface area contributed by atoms with Crippen molar-refractivity contribution in [3.8, 4) is 6.07 Å². The molecule has 102 valence electrons. The number of rotatable bonds is 3. The Balaban J connectivity index is 2.23. The van der Waals surface area contributed by atoms with Crippen LogP contribution in [-0.2, 0) is 11.2 Å². The van der Waals surface area contributed by atoms with Gasteiger partial charge in [-0.05, 0) is 13.8 Å². The lowest BCUT2D eigenvalue weighted by Crippen LogP contribution is -2.30. The molecule has 1 aliphatic heterocycles. The van der Waals surface area contributed by atoms with Crippen LogP contribution in [0, 0.1) is 11.3 Å². The van der Waals surface area contributed by atoms with Crippen LogP contribution < -0.4 is 0 Å². The van der Waals surface area contributed by atoms with E-state index in [1.807, 2.05) is 19.9 Å². The minimum absolute atomic E-state index is 0.0720. The Bertz CT molecular complexity index is 517. The summed E-state index contributed by atoms with van der Waals surface area (Å²) >= 11 is 0. The third-order valence-corrected chi connectivity index (χ3v) is 3.34. The standard InChI is InChI=1S/C13H18N4O2/c1-8-7-10-11(9(2)19-8)15-16-12(10)13(18)17(3)6-4-5-14/h8-9H,4,6-7H2,1-3H3,(H,15,16)/t8-,9+/m1/s1. The molecule has 6 nitrogen and oxygen atoms in total. The molecule has 0 saturated carbocycles. The molecule has 1 aliphatic rings. The van der Waals surface area contributed by atoms with Gasteiger partial charge < -0.3 is 9.64 Å². The van der Waals surface area contributed by atoms with Crippen LogP contribution in [0.25, 0.3) is 0 Å². The molecule has 1 aromatic rings.